The Morgan fingerprint density at radius 1 is 0.870 bits per heavy atom. The molecule has 4 aromatic rings. The van der Waals surface area contributed by atoms with Crippen molar-refractivity contribution in [2.24, 2.45) is 10.2 Å². The van der Waals surface area contributed by atoms with E-state index in [2.05, 4.69) is 68.6 Å². The minimum Gasteiger partial charge on any atom is -0.506 e. The molecule has 0 saturated carbocycles. The second-order valence-electron chi connectivity index (χ2n) is 12.8. The molecule has 0 aromatic heterocycles. The van der Waals surface area contributed by atoms with Crippen LogP contribution in [-0.2, 0) is 20.9 Å². The molecule has 4 aromatic carbocycles. The predicted molar refractivity (Wildman–Crippen MR) is 189 cm³/mol. The topological polar surface area (TPSA) is 100 Å². The number of nitrogens with one attached hydrogen (secondary N) is 1. The van der Waals surface area contributed by atoms with Crippen LogP contribution in [0.1, 0.15) is 78.9 Å². The zero-order chi connectivity index (χ0) is 33.9. The molecule has 46 heavy (non-hydrogen) atoms. The predicted octanol–water partition coefficient (Wildman–Crippen LogP) is 10.8. The molecule has 0 radical (unpaired) electrons. The van der Waals surface area contributed by atoms with Gasteiger partial charge in [-0.2, -0.15) is 0 Å². The third-order valence-corrected chi connectivity index (χ3v) is 10.9. The number of aromatic hydroxyl groups is 1. The van der Waals surface area contributed by atoms with Crippen molar-refractivity contribution in [1.82, 2.24) is 4.72 Å². The summed E-state index contributed by atoms with van der Waals surface area (Å²) in [5.74, 6) is 0.669. The first-order valence-electron chi connectivity index (χ1n) is 15.6. The highest BCUT2D eigenvalue weighted by Gasteiger charge is 2.28. The molecule has 7 nitrogen and oxygen atoms in total. The van der Waals surface area contributed by atoms with Gasteiger partial charge in [0.25, 0.3) is 0 Å². The van der Waals surface area contributed by atoms with E-state index in [1.54, 1.807) is 36.4 Å². The monoisotopic (exact) mass is 683 g/mol. The average Bonchev–Trinajstić information content (AvgIpc) is 3.03. The van der Waals surface area contributed by atoms with Crippen LogP contribution in [0.15, 0.2) is 81.9 Å². The van der Waals surface area contributed by atoms with Crippen molar-refractivity contribution in [2.45, 2.75) is 89.6 Å². The standard InChI is InChI=1S/C36H43Cl2N3O4S/c1-8-26(45-33-18-12-24(35(4,5)9-2)20-29(33)36(6,7)10-3)22-39-46(43,44)27-14-15-28-23(19-27)11-17-32(42)34(28)41-40-31-21-25(37)13-16-30(31)38/h11-21,26,39,42H,8-10,22H2,1-7H3. The van der Waals surface area contributed by atoms with E-state index in [0.717, 1.165) is 24.2 Å². The molecule has 4 rings (SSSR count). The number of hydrogen-bond donors (Lipinski definition) is 2. The Balaban J connectivity index is 1.57. The minimum atomic E-state index is -3.89. The molecule has 0 amide bonds. The lowest BCUT2D eigenvalue weighted by molar-refractivity contribution is 0.195. The fourth-order valence-corrected chi connectivity index (χ4v) is 6.35. The van der Waals surface area contributed by atoms with E-state index in [9.17, 15) is 13.5 Å². The highest BCUT2D eigenvalue weighted by atomic mass is 35.5. The van der Waals surface area contributed by atoms with Crippen LogP contribution < -0.4 is 9.46 Å². The van der Waals surface area contributed by atoms with Crippen LogP contribution in [0.5, 0.6) is 11.5 Å². The van der Waals surface area contributed by atoms with Crippen LogP contribution >= 0.6 is 23.2 Å². The van der Waals surface area contributed by atoms with E-state index in [4.69, 9.17) is 27.9 Å². The number of nitrogens with zero attached hydrogens (tertiary/aromatic N) is 2. The van der Waals surface area contributed by atoms with Crippen LogP contribution in [0.2, 0.25) is 10.0 Å². The van der Waals surface area contributed by atoms with E-state index in [1.807, 2.05) is 13.0 Å². The Labute approximate surface area is 283 Å². The third kappa shape index (κ3) is 8.03. The Morgan fingerprint density at radius 2 is 1.59 bits per heavy atom. The lowest BCUT2D eigenvalue weighted by Gasteiger charge is -2.31. The highest BCUT2D eigenvalue weighted by molar-refractivity contribution is 7.89. The van der Waals surface area contributed by atoms with E-state index in [-0.39, 0.29) is 39.8 Å². The van der Waals surface area contributed by atoms with Crippen molar-refractivity contribution in [3.63, 3.8) is 0 Å². The smallest absolute Gasteiger partial charge is 0.240 e. The molecule has 1 unspecified atom stereocenters. The van der Waals surface area contributed by atoms with E-state index in [0.29, 0.717) is 32.9 Å². The average molecular weight is 685 g/mol. The third-order valence-electron chi connectivity index (χ3n) is 8.93. The van der Waals surface area contributed by atoms with Crippen molar-refractivity contribution in [3.05, 3.63) is 87.9 Å². The Kier molecular flexibility index (Phi) is 11.1. The van der Waals surface area contributed by atoms with Gasteiger partial charge < -0.3 is 9.84 Å². The summed E-state index contributed by atoms with van der Waals surface area (Å²) in [5.41, 5.74) is 2.82. The van der Waals surface area contributed by atoms with Gasteiger partial charge in [0, 0.05) is 22.5 Å². The van der Waals surface area contributed by atoms with Gasteiger partial charge in [0.05, 0.1) is 9.92 Å². The van der Waals surface area contributed by atoms with Crippen molar-refractivity contribution in [1.29, 1.82) is 0 Å². The van der Waals surface area contributed by atoms with Crippen molar-refractivity contribution < 1.29 is 18.3 Å². The largest absolute Gasteiger partial charge is 0.506 e. The first kappa shape index (κ1) is 35.7. The summed E-state index contributed by atoms with van der Waals surface area (Å²) in [6.45, 7) is 15.3. The first-order valence-corrected chi connectivity index (χ1v) is 17.8. The lowest BCUT2D eigenvalue weighted by atomic mass is 9.76. The van der Waals surface area contributed by atoms with Gasteiger partial charge in [-0.25, -0.2) is 13.1 Å². The normalized spacial score (nSPS) is 13.4. The van der Waals surface area contributed by atoms with Gasteiger partial charge >= 0.3 is 0 Å². The molecule has 0 aliphatic heterocycles. The zero-order valence-corrected chi connectivity index (χ0v) is 29.8. The number of hydrogen-bond acceptors (Lipinski definition) is 6. The highest BCUT2D eigenvalue weighted by Crippen LogP contribution is 2.40. The SMILES string of the molecule is CCC(CNS(=O)(=O)c1ccc2c(N=Nc3cc(Cl)ccc3Cl)c(O)ccc2c1)Oc1ccc(C(C)(C)CC)cc1C(C)(C)CC. The zero-order valence-electron chi connectivity index (χ0n) is 27.5. The second-order valence-corrected chi connectivity index (χ2v) is 15.4. The van der Waals surface area contributed by atoms with Gasteiger partial charge in [0.15, 0.2) is 0 Å². The summed E-state index contributed by atoms with van der Waals surface area (Å²) in [6, 6.07) is 18.9. The summed E-state index contributed by atoms with van der Waals surface area (Å²) in [5, 5.41) is 20.8. The maximum absolute atomic E-state index is 13.5. The van der Waals surface area contributed by atoms with Gasteiger partial charge in [-0.3, -0.25) is 0 Å². The van der Waals surface area contributed by atoms with Crippen molar-refractivity contribution in [2.75, 3.05) is 6.54 Å². The van der Waals surface area contributed by atoms with Gasteiger partial charge in [-0.1, -0.05) is 95.9 Å². The van der Waals surface area contributed by atoms with Crippen LogP contribution in [0, 0.1) is 0 Å². The van der Waals surface area contributed by atoms with Gasteiger partial charge in [-0.15, -0.1) is 10.2 Å². The fraction of sp³-hybridized carbons (Fsp3) is 0.389. The summed E-state index contributed by atoms with van der Waals surface area (Å²) in [4.78, 5) is 0.0836. The molecular formula is C36H43Cl2N3O4S. The quantitative estimate of drug-likeness (QED) is 0.137. The van der Waals surface area contributed by atoms with Gasteiger partial charge in [0.2, 0.25) is 10.0 Å². The number of phenolic OH excluding ortho intramolecular Hbond substituents is 1. The Bertz CT molecular complexity index is 1860. The number of phenols is 1. The number of azo groups is 1. The Hall–Kier alpha value is -3.17. The molecule has 10 heteroatoms. The summed E-state index contributed by atoms with van der Waals surface area (Å²) in [7, 11) is -3.89. The van der Waals surface area contributed by atoms with Gasteiger partial charge in [0.1, 0.15) is 29.0 Å². The Morgan fingerprint density at radius 3 is 2.26 bits per heavy atom. The first-order chi connectivity index (χ1) is 21.6. The number of benzene rings is 4. The van der Waals surface area contributed by atoms with Crippen LogP contribution in [0.3, 0.4) is 0 Å². The molecule has 0 aliphatic carbocycles. The lowest BCUT2D eigenvalue weighted by Crippen LogP contribution is -2.35. The van der Waals surface area contributed by atoms with E-state index >= 15 is 0 Å². The molecule has 2 N–H and O–H groups in total. The number of rotatable bonds is 13. The summed E-state index contributed by atoms with van der Waals surface area (Å²) in [6.07, 6.45) is 2.17. The molecular weight excluding hydrogens is 641 g/mol. The number of ether oxygens (including phenoxy) is 1. The minimum absolute atomic E-state index is 0.0308. The molecule has 0 fully saturated rings. The number of fused-ring (bicyclic) bond motifs is 1. The molecule has 0 heterocycles. The maximum Gasteiger partial charge on any atom is 0.240 e. The van der Waals surface area contributed by atoms with E-state index in [1.165, 1.54) is 17.7 Å². The number of sulfonamides is 1. The molecule has 0 aliphatic rings. The van der Waals surface area contributed by atoms with Crippen molar-refractivity contribution in [3.8, 4) is 11.5 Å². The molecule has 0 saturated heterocycles. The second kappa shape index (κ2) is 14.3. The molecule has 1 atom stereocenters. The van der Waals surface area contributed by atoms with Crippen molar-refractivity contribution >= 4 is 55.4 Å². The summed E-state index contributed by atoms with van der Waals surface area (Å²) < 4.78 is 36.2. The van der Waals surface area contributed by atoms with E-state index < -0.39 is 10.0 Å². The summed E-state index contributed by atoms with van der Waals surface area (Å²) >= 11 is 12.3. The number of halogens is 2. The van der Waals surface area contributed by atoms with Crippen LogP contribution in [-0.4, -0.2) is 26.2 Å². The fourth-order valence-electron chi connectivity index (χ4n) is 4.93. The van der Waals surface area contributed by atoms with Gasteiger partial charge in [-0.05, 0) is 83.5 Å². The molecule has 246 valence electrons. The maximum atomic E-state index is 13.5. The van der Waals surface area contributed by atoms with Crippen LogP contribution in [0.4, 0.5) is 11.4 Å². The molecule has 0 bridgehead atoms. The molecule has 0 spiro atoms. The van der Waals surface area contributed by atoms with Crippen LogP contribution in [0.25, 0.3) is 10.8 Å².